The highest BCUT2D eigenvalue weighted by molar-refractivity contribution is 4.90. The van der Waals surface area contributed by atoms with Crippen LogP contribution in [0.25, 0.3) is 0 Å². The van der Waals surface area contributed by atoms with Crippen molar-refractivity contribution in [2.24, 2.45) is 17.6 Å². The molecule has 1 saturated carbocycles. The summed E-state index contributed by atoms with van der Waals surface area (Å²) in [6.45, 7) is 6.78. The predicted molar refractivity (Wildman–Crippen MR) is 49.4 cm³/mol. The molecule has 0 aromatic rings. The lowest BCUT2D eigenvalue weighted by molar-refractivity contribution is 0.169. The molecule has 1 rings (SSSR count). The molecule has 2 N–H and O–H groups in total. The summed E-state index contributed by atoms with van der Waals surface area (Å²) in [7, 11) is 0. The first-order valence-electron chi connectivity index (χ1n) is 4.85. The zero-order chi connectivity index (χ0) is 8.48. The SMILES string of the molecule is CCC1CCC(C)(N)C(C)C1. The summed E-state index contributed by atoms with van der Waals surface area (Å²) >= 11 is 0. The molecule has 0 radical (unpaired) electrons. The van der Waals surface area contributed by atoms with E-state index in [1.165, 1.54) is 25.7 Å². The van der Waals surface area contributed by atoms with Crippen LogP contribution in [0, 0.1) is 11.8 Å². The first kappa shape index (κ1) is 9.05. The summed E-state index contributed by atoms with van der Waals surface area (Å²) in [5.74, 6) is 1.66. The zero-order valence-corrected chi connectivity index (χ0v) is 8.06. The maximum Gasteiger partial charge on any atom is 0.0151 e. The lowest BCUT2D eigenvalue weighted by Crippen LogP contribution is -2.46. The highest BCUT2D eigenvalue weighted by Crippen LogP contribution is 2.36. The van der Waals surface area contributed by atoms with Crippen molar-refractivity contribution in [1.82, 2.24) is 0 Å². The standard InChI is InChI=1S/C10H21N/c1-4-9-5-6-10(3,11)8(2)7-9/h8-9H,4-7,11H2,1-3H3. The van der Waals surface area contributed by atoms with Crippen LogP contribution >= 0.6 is 0 Å². The molecule has 1 heteroatoms. The van der Waals surface area contributed by atoms with Crippen molar-refractivity contribution in [2.75, 3.05) is 0 Å². The maximum atomic E-state index is 6.14. The molecular formula is C10H21N. The molecule has 1 aliphatic carbocycles. The van der Waals surface area contributed by atoms with E-state index in [-0.39, 0.29) is 5.54 Å². The molecule has 0 aliphatic heterocycles. The van der Waals surface area contributed by atoms with Gasteiger partial charge in [0.2, 0.25) is 0 Å². The normalized spacial score (nSPS) is 45.8. The fourth-order valence-corrected chi connectivity index (χ4v) is 2.02. The van der Waals surface area contributed by atoms with E-state index in [0.29, 0.717) is 5.92 Å². The monoisotopic (exact) mass is 155 g/mol. The Balaban J connectivity index is 2.48. The predicted octanol–water partition coefficient (Wildman–Crippen LogP) is 2.55. The topological polar surface area (TPSA) is 26.0 Å². The molecule has 1 nitrogen and oxygen atoms in total. The average molecular weight is 155 g/mol. The second kappa shape index (κ2) is 3.14. The Labute approximate surface area is 70.4 Å². The molecule has 0 aromatic carbocycles. The Morgan fingerprint density at radius 2 is 2.18 bits per heavy atom. The number of nitrogens with two attached hydrogens (primary N) is 1. The first-order valence-corrected chi connectivity index (χ1v) is 4.85. The number of hydrogen-bond donors (Lipinski definition) is 1. The molecule has 3 unspecified atom stereocenters. The van der Waals surface area contributed by atoms with Crippen molar-refractivity contribution >= 4 is 0 Å². The Bertz CT molecular complexity index is 129. The molecule has 0 aromatic heterocycles. The van der Waals surface area contributed by atoms with Crippen LogP contribution in [-0.4, -0.2) is 5.54 Å². The van der Waals surface area contributed by atoms with Crippen molar-refractivity contribution in [3.05, 3.63) is 0 Å². The van der Waals surface area contributed by atoms with Gasteiger partial charge >= 0.3 is 0 Å². The Hall–Kier alpha value is -0.0400. The summed E-state index contributed by atoms with van der Waals surface area (Å²) in [5, 5.41) is 0. The van der Waals surface area contributed by atoms with Gasteiger partial charge < -0.3 is 5.73 Å². The van der Waals surface area contributed by atoms with Gasteiger partial charge in [0.1, 0.15) is 0 Å². The van der Waals surface area contributed by atoms with Gasteiger partial charge in [0, 0.05) is 5.54 Å². The largest absolute Gasteiger partial charge is 0.325 e. The molecule has 1 fully saturated rings. The summed E-state index contributed by atoms with van der Waals surface area (Å²) in [4.78, 5) is 0. The summed E-state index contributed by atoms with van der Waals surface area (Å²) in [6, 6.07) is 0. The zero-order valence-electron chi connectivity index (χ0n) is 8.06. The quantitative estimate of drug-likeness (QED) is 0.618. The Morgan fingerprint density at radius 1 is 1.55 bits per heavy atom. The van der Waals surface area contributed by atoms with E-state index < -0.39 is 0 Å². The van der Waals surface area contributed by atoms with Crippen LogP contribution in [0.5, 0.6) is 0 Å². The van der Waals surface area contributed by atoms with Crippen molar-refractivity contribution < 1.29 is 0 Å². The summed E-state index contributed by atoms with van der Waals surface area (Å²) < 4.78 is 0. The van der Waals surface area contributed by atoms with E-state index in [2.05, 4.69) is 20.8 Å². The fourth-order valence-electron chi connectivity index (χ4n) is 2.02. The molecular weight excluding hydrogens is 134 g/mol. The van der Waals surface area contributed by atoms with Crippen molar-refractivity contribution in [3.8, 4) is 0 Å². The van der Waals surface area contributed by atoms with Crippen molar-refractivity contribution in [3.63, 3.8) is 0 Å². The molecule has 11 heavy (non-hydrogen) atoms. The molecule has 0 heterocycles. The molecule has 0 amide bonds. The van der Waals surface area contributed by atoms with Gasteiger partial charge in [-0.05, 0) is 38.0 Å². The third kappa shape index (κ3) is 1.96. The Kier molecular flexibility index (Phi) is 2.58. The van der Waals surface area contributed by atoms with Gasteiger partial charge in [-0.15, -0.1) is 0 Å². The van der Waals surface area contributed by atoms with Crippen LogP contribution in [0.4, 0.5) is 0 Å². The van der Waals surface area contributed by atoms with Crippen LogP contribution in [0.15, 0.2) is 0 Å². The minimum atomic E-state index is 0.117. The van der Waals surface area contributed by atoms with Gasteiger partial charge in [0.05, 0.1) is 0 Å². The highest BCUT2D eigenvalue weighted by Gasteiger charge is 2.32. The molecule has 3 atom stereocenters. The molecule has 0 spiro atoms. The lowest BCUT2D eigenvalue weighted by atomic mass is 9.70. The van der Waals surface area contributed by atoms with E-state index in [1.807, 2.05) is 0 Å². The Morgan fingerprint density at radius 3 is 2.64 bits per heavy atom. The molecule has 0 bridgehead atoms. The fraction of sp³-hybridized carbons (Fsp3) is 1.00. The number of rotatable bonds is 1. The van der Waals surface area contributed by atoms with Crippen LogP contribution in [0.3, 0.4) is 0 Å². The van der Waals surface area contributed by atoms with E-state index in [0.717, 1.165) is 5.92 Å². The van der Waals surface area contributed by atoms with Gasteiger partial charge in [0.25, 0.3) is 0 Å². The minimum Gasteiger partial charge on any atom is -0.325 e. The van der Waals surface area contributed by atoms with Crippen LogP contribution < -0.4 is 5.73 Å². The molecule has 1 aliphatic rings. The van der Waals surface area contributed by atoms with Crippen LogP contribution in [0.2, 0.25) is 0 Å². The summed E-state index contributed by atoms with van der Waals surface area (Å²) in [5.41, 5.74) is 6.25. The minimum absolute atomic E-state index is 0.117. The highest BCUT2D eigenvalue weighted by atomic mass is 14.7. The van der Waals surface area contributed by atoms with Crippen LogP contribution in [0.1, 0.15) is 46.5 Å². The smallest absolute Gasteiger partial charge is 0.0151 e. The van der Waals surface area contributed by atoms with E-state index in [9.17, 15) is 0 Å². The van der Waals surface area contributed by atoms with Gasteiger partial charge in [-0.25, -0.2) is 0 Å². The second-order valence-corrected chi connectivity index (χ2v) is 4.46. The van der Waals surface area contributed by atoms with Crippen molar-refractivity contribution in [2.45, 2.75) is 52.0 Å². The first-order chi connectivity index (χ1) is 5.06. The average Bonchev–Trinajstić information content (AvgIpc) is 1.95. The maximum absolute atomic E-state index is 6.14. The summed E-state index contributed by atoms with van der Waals surface area (Å²) in [6.07, 6.45) is 5.23. The van der Waals surface area contributed by atoms with Gasteiger partial charge in [0.15, 0.2) is 0 Å². The van der Waals surface area contributed by atoms with Gasteiger partial charge in [-0.3, -0.25) is 0 Å². The third-order valence-corrected chi connectivity index (χ3v) is 3.48. The molecule has 0 saturated heterocycles. The van der Waals surface area contributed by atoms with Gasteiger partial charge in [-0.1, -0.05) is 20.3 Å². The lowest BCUT2D eigenvalue weighted by Gasteiger charge is -2.39. The molecule has 66 valence electrons. The van der Waals surface area contributed by atoms with E-state index in [1.54, 1.807) is 0 Å². The van der Waals surface area contributed by atoms with Crippen molar-refractivity contribution in [1.29, 1.82) is 0 Å². The van der Waals surface area contributed by atoms with E-state index in [4.69, 9.17) is 5.73 Å². The van der Waals surface area contributed by atoms with Crippen LogP contribution in [-0.2, 0) is 0 Å². The second-order valence-electron chi connectivity index (χ2n) is 4.46. The third-order valence-electron chi connectivity index (χ3n) is 3.48. The number of hydrogen-bond acceptors (Lipinski definition) is 1. The van der Waals surface area contributed by atoms with Gasteiger partial charge in [-0.2, -0.15) is 0 Å². The van der Waals surface area contributed by atoms with E-state index >= 15 is 0 Å².